The van der Waals surface area contributed by atoms with Crippen LogP contribution in [0.15, 0.2) is 0 Å². The van der Waals surface area contributed by atoms with Crippen LogP contribution in [0.1, 0.15) is 335 Å². The van der Waals surface area contributed by atoms with Crippen LogP contribution in [0.2, 0.25) is 0 Å². The van der Waals surface area contributed by atoms with Crippen LogP contribution in [0, 0.1) is 0 Å². The number of rotatable bonds is 54. The Bertz CT molecular complexity index is 838. The highest BCUT2D eigenvalue weighted by molar-refractivity contribution is 5.76. The first-order valence-corrected chi connectivity index (χ1v) is 28.8. The molecule has 0 saturated carbocycles. The summed E-state index contributed by atoms with van der Waals surface area (Å²) in [4.78, 5) is 12.5. The van der Waals surface area contributed by atoms with Crippen molar-refractivity contribution in [3.05, 3.63) is 0 Å². The molecule has 3 atom stereocenters. The lowest BCUT2D eigenvalue weighted by atomic mass is 10.0. The average Bonchev–Trinajstić information content (AvgIpc) is 3.27. The fraction of sp³-hybridized carbons (Fsp3) is 0.982. The van der Waals surface area contributed by atoms with Crippen molar-refractivity contribution in [3.63, 3.8) is 0 Å². The summed E-state index contributed by atoms with van der Waals surface area (Å²) in [6.07, 6.45) is 64.1. The van der Waals surface area contributed by atoms with Crippen molar-refractivity contribution in [1.82, 2.24) is 5.32 Å². The number of carbonyl (C=O) groups is 1. The zero-order chi connectivity index (χ0) is 45.1. The molecular weight excluding hydrogens is 763 g/mol. The molecule has 0 aromatic heterocycles. The van der Waals surface area contributed by atoms with E-state index in [9.17, 15) is 20.1 Å². The van der Waals surface area contributed by atoms with Crippen LogP contribution in [0.5, 0.6) is 0 Å². The Morgan fingerprint density at radius 3 is 0.774 bits per heavy atom. The number of hydrogen-bond donors (Lipinski definition) is 4. The van der Waals surface area contributed by atoms with Gasteiger partial charge in [-0.3, -0.25) is 4.79 Å². The van der Waals surface area contributed by atoms with Gasteiger partial charge in [0.25, 0.3) is 0 Å². The Labute approximate surface area is 389 Å². The molecule has 0 aromatic rings. The van der Waals surface area contributed by atoms with Crippen molar-refractivity contribution >= 4 is 5.91 Å². The highest BCUT2D eigenvalue weighted by atomic mass is 16.3. The third kappa shape index (κ3) is 48.8. The second-order valence-corrected chi connectivity index (χ2v) is 20.3. The second-order valence-electron chi connectivity index (χ2n) is 20.3. The molecule has 0 radical (unpaired) electrons. The quantitative estimate of drug-likeness (QED) is 0.0458. The van der Waals surface area contributed by atoms with Crippen LogP contribution < -0.4 is 5.32 Å². The number of aliphatic hydroxyl groups is 3. The van der Waals surface area contributed by atoms with E-state index in [1.54, 1.807) is 0 Å². The summed E-state index contributed by atoms with van der Waals surface area (Å²) in [5.74, 6) is -0.274. The fourth-order valence-electron chi connectivity index (χ4n) is 9.53. The predicted molar refractivity (Wildman–Crippen MR) is 273 cm³/mol. The van der Waals surface area contributed by atoms with E-state index in [1.807, 2.05) is 0 Å². The van der Waals surface area contributed by atoms with Gasteiger partial charge in [-0.05, 0) is 12.8 Å². The predicted octanol–water partition coefficient (Wildman–Crippen LogP) is 17.7. The molecule has 0 bridgehead atoms. The first-order chi connectivity index (χ1) is 30.5. The summed E-state index contributed by atoms with van der Waals surface area (Å²) in [5, 5.41) is 33.7. The minimum atomic E-state index is -0.745. The lowest BCUT2D eigenvalue weighted by Crippen LogP contribution is -2.46. The van der Waals surface area contributed by atoms with Gasteiger partial charge < -0.3 is 20.6 Å². The Morgan fingerprint density at radius 1 is 0.339 bits per heavy atom. The van der Waals surface area contributed by atoms with Crippen molar-refractivity contribution in [2.45, 2.75) is 353 Å². The van der Waals surface area contributed by atoms with E-state index in [0.717, 1.165) is 25.7 Å². The van der Waals surface area contributed by atoms with Gasteiger partial charge in [0, 0.05) is 0 Å². The van der Waals surface area contributed by atoms with Gasteiger partial charge >= 0.3 is 0 Å². The zero-order valence-electron chi connectivity index (χ0n) is 42.5. The van der Waals surface area contributed by atoms with Gasteiger partial charge in [0.1, 0.15) is 0 Å². The SMILES string of the molecule is CCCCCCCCCCCCCCCCCCCCCCCCCCCCC(O)CC(=O)NC(CO)C(O)CCCCCCCCCCCCCCCCCCCCCCC. The molecule has 5 heteroatoms. The number of carbonyl (C=O) groups excluding carboxylic acids is 1. The lowest BCUT2D eigenvalue weighted by molar-refractivity contribution is -0.125. The highest BCUT2D eigenvalue weighted by Gasteiger charge is 2.21. The van der Waals surface area contributed by atoms with Crippen LogP contribution >= 0.6 is 0 Å². The first kappa shape index (κ1) is 61.4. The minimum absolute atomic E-state index is 0.0437. The Hall–Kier alpha value is -0.650. The molecule has 0 aliphatic carbocycles. The Kier molecular flexibility index (Phi) is 52.4. The van der Waals surface area contributed by atoms with Gasteiger partial charge in [-0.1, -0.05) is 316 Å². The van der Waals surface area contributed by atoms with Crippen molar-refractivity contribution in [1.29, 1.82) is 0 Å². The molecule has 0 saturated heterocycles. The molecule has 5 nitrogen and oxygen atoms in total. The highest BCUT2D eigenvalue weighted by Crippen LogP contribution is 2.19. The molecule has 372 valence electrons. The molecule has 1 amide bonds. The molecular formula is C57H115NO4. The Balaban J connectivity index is 3.48. The van der Waals surface area contributed by atoms with E-state index >= 15 is 0 Å². The number of amides is 1. The summed E-state index contributed by atoms with van der Waals surface area (Å²) in [5.41, 5.74) is 0. The normalized spacial score (nSPS) is 13.2. The van der Waals surface area contributed by atoms with Gasteiger partial charge in [-0.2, -0.15) is 0 Å². The molecule has 4 N–H and O–H groups in total. The van der Waals surface area contributed by atoms with E-state index in [2.05, 4.69) is 19.2 Å². The minimum Gasteiger partial charge on any atom is -0.394 e. The molecule has 0 spiro atoms. The van der Waals surface area contributed by atoms with E-state index in [0.29, 0.717) is 12.8 Å². The summed E-state index contributed by atoms with van der Waals surface area (Å²) < 4.78 is 0. The monoisotopic (exact) mass is 878 g/mol. The summed E-state index contributed by atoms with van der Waals surface area (Å²) in [6, 6.07) is -0.654. The van der Waals surface area contributed by atoms with Gasteiger partial charge in [-0.15, -0.1) is 0 Å². The third-order valence-electron chi connectivity index (χ3n) is 13.9. The van der Waals surface area contributed by atoms with Crippen molar-refractivity contribution in [2.75, 3.05) is 6.61 Å². The van der Waals surface area contributed by atoms with Gasteiger partial charge in [-0.25, -0.2) is 0 Å². The van der Waals surface area contributed by atoms with Gasteiger partial charge in [0.2, 0.25) is 5.91 Å². The zero-order valence-corrected chi connectivity index (χ0v) is 42.5. The number of aliphatic hydroxyl groups excluding tert-OH is 3. The van der Waals surface area contributed by atoms with Crippen LogP contribution in [-0.4, -0.2) is 46.1 Å². The number of hydrogen-bond acceptors (Lipinski definition) is 4. The maximum atomic E-state index is 12.5. The van der Waals surface area contributed by atoms with Crippen molar-refractivity contribution in [2.24, 2.45) is 0 Å². The smallest absolute Gasteiger partial charge is 0.222 e. The van der Waals surface area contributed by atoms with E-state index in [1.165, 1.54) is 276 Å². The van der Waals surface area contributed by atoms with Crippen molar-refractivity contribution < 1.29 is 20.1 Å². The van der Waals surface area contributed by atoms with Crippen LogP contribution in [0.3, 0.4) is 0 Å². The Morgan fingerprint density at radius 2 is 0.548 bits per heavy atom. The third-order valence-corrected chi connectivity index (χ3v) is 13.9. The molecule has 62 heavy (non-hydrogen) atoms. The van der Waals surface area contributed by atoms with E-state index < -0.39 is 18.2 Å². The maximum absolute atomic E-state index is 12.5. The molecule has 0 heterocycles. The summed E-state index contributed by atoms with van der Waals surface area (Å²) >= 11 is 0. The standard InChI is InChI=1S/C57H115NO4/c1-3-5-7-9-11-13-15-17-19-21-23-25-26-27-28-29-31-32-34-36-38-40-42-44-46-48-50-54(60)52-57(62)58-55(53-59)56(61)51-49-47-45-43-41-39-37-35-33-30-24-22-20-18-16-14-12-10-8-6-4-2/h54-56,59-61H,3-53H2,1-2H3,(H,58,62). The molecule has 0 aliphatic heterocycles. The number of nitrogens with one attached hydrogen (secondary N) is 1. The number of unbranched alkanes of at least 4 members (excludes halogenated alkanes) is 45. The molecule has 0 rings (SSSR count). The van der Waals surface area contributed by atoms with E-state index in [4.69, 9.17) is 0 Å². The fourth-order valence-corrected chi connectivity index (χ4v) is 9.53. The second kappa shape index (κ2) is 53.0. The molecule has 0 fully saturated rings. The molecule has 0 aliphatic rings. The largest absolute Gasteiger partial charge is 0.394 e. The topological polar surface area (TPSA) is 89.8 Å². The summed E-state index contributed by atoms with van der Waals surface area (Å²) in [6.45, 7) is 4.31. The first-order valence-electron chi connectivity index (χ1n) is 28.8. The van der Waals surface area contributed by atoms with Crippen LogP contribution in [0.4, 0.5) is 0 Å². The maximum Gasteiger partial charge on any atom is 0.222 e. The molecule has 3 unspecified atom stereocenters. The average molecular weight is 879 g/mol. The van der Waals surface area contributed by atoms with Gasteiger partial charge in [0.15, 0.2) is 0 Å². The van der Waals surface area contributed by atoms with Crippen LogP contribution in [-0.2, 0) is 4.79 Å². The summed E-state index contributed by atoms with van der Waals surface area (Å²) in [7, 11) is 0. The van der Waals surface area contributed by atoms with Gasteiger partial charge in [0.05, 0.1) is 31.3 Å². The van der Waals surface area contributed by atoms with E-state index in [-0.39, 0.29) is 18.9 Å². The van der Waals surface area contributed by atoms with Crippen LogP contribution in [0.25, 0.3) is 0 Å². The van der Waals surface area contributed by atoms with Crippen molar-refractivity contribution in [3.8, 4) is 0 Å². The lowest BCUT2D eigenvalue weighted by Gasteiger charge is -2.23. The molecule has 0 aromatic carbocycles.